The van der Waals surface area contributed by atoms with Crippen molar-refractivity contribution in [3.8, 4) is 0 Å². The minimum atomic E-state index is 0.106. The van der Waals surface area contributed by atoms with Crippen LogP contribution >= 0.6 is 0 Å². The third-order valence-corrected chi connectivity index (χ3v) is 6.43. The van der Waals surface area contributed by atoms with E-state index in [4.69, 9.17) is 0 Å². The summed E-state index contributed by atoms with van der Waals surface area (Å²) in [6, 6.07) is 10.5. The van der Waals surface area contributed by atoms with Crippen LogP contribution < -0.4 is 5.32 Å². The van der Waals surface area contributed by atoms with Gasteiger partial charge in [-0.2, -0.15) is 0 Å². The zero-order valence-corrected chi connectivity index (χ0v) is 18.6. The Morgan fingerprint density at radius 2 is 1.70 bits per heavy atom. The SMILES string of the molecule is CC(C)CCNC(=O)C1CCN(C2CCN(C(=O)/C=C/c3ccccc3)CC2)CC1. The summed E-state index contributed by atoms with van der Waals surface area (Å²) in [5.74, 6) is 1.13. The van der Waals surface area contributed by atoms with E-state index in [2.05, 4.69) is 24.1 Å². The highest BCUT2D eigenvalue weighted by Gasteiger charge is 2.31. The van der Waals surface area contributed by atoms with Crippen molar-refractivity contribution in [2.45, 2.75) is 52.0 Å². The lowest BCUT2D eigenvalue weighted by Crippen LogP contribution is -2.50. The summed E-state index contributed by atoms with van der Waals surface area (Å²) in [6.45, 7) is 8.79. The highest BCUT2D eigenvalue weighted by Crippen LogP contribution is 2.24. The number of carbonyl (C=O) groups excluding carboxylic acids is 2. The van der Waals surface area contributed by atoms with E-state index < -0.39 is 0 Å². The molecule has 0 bridgehead atoms. The molecule has 0 spiro atoms. The molecule has 0 aromatic heterocycles. The van der Waals surface area contributed by atoms with Crippen molar-refractivity contribution in [3.63, 3.8) is 0 Å². The fourth-order valence-electron chi connectivity index (χ4n) is 4.44. The van der Waals surface area contributed by atoms with Crippen LogP contribution in [0.15, 0.2) is 36.4 Å². The molecule has 1 aromatic rings. The van der Waals surface area contributed by atoms with E-state index in [1.165, 1.54) is 0 Å². The van der Waals surface area contributed by atoms with Gasteiger partial charge in [0.05, 0.1) is 0 Å². The average Bonchev–Trinajstić information content (AvgIpc) is 2.78. The van der Waals surface area contributed by atoms with Crippen LogP contribution in [0.1, 0.15) is 51.5 Å². The third-order valence-electron chi connectivity index (χ3n) is 6.43. The smallest absolute Gasteiger partial charge is 0.246 e. The lowest BCUT2D eigenvalue weighted by atomic mass is 9.92. The van der Waals surface area contributed by atoms with Gasteiger partial charge in [0.1, 0.15) is 0 Å². The van der Waals surface area contributed by atoms with E-state index in [1.807, 2.05) is 41.3 Å². The Labute approximate surface area is 181 Å². The number of benzene rings is 1. The second-order valence-corrected chi connectivity index (χ2v) is 9.08. The largest absolute Gasteiger partial charge is 0.356 e. The van der Waals surface area contributed by atoms with Gasteiger partial charge in [-0.25, -0.2) is 0 Å². The van der Waals surface area contributed by atoms with E-state index in [0.717, 1.165) is 70.4 Å². The van der Waals surface area contributed by atoms with Gasteiger partial charge in [0.15, 0.2) is 0 Å². The van der Waals surface area contributed by atoms with E-state index in [-0.39, 0.29) is 17.7 Å². The van der Waals surface area contributed by atoms with Crippen molar-refractivity contribution in [2.75, 3.05) is 32.7 Å². The van der Waals surface area contributed by atoms with Crippen LogP contribution in [0.4, 0.5) is 0 Å². The Bertz CT molecular complexity index is 700. The lowest BCUT2D eigenvalue weighted by Gasteiger charge is -2.41. The minimum Gasteiger partial charge on any atom is -0.356 e. The second-order valence-electron chi connectivity index (χ2n) is 9.08. The van der Waals surface area contributed by atoms with Gasteiger partial charge in [-0.3, -0.25) is 9.59 Å². The number of nitrogens with one attached hydrogen (secondary N) is 1. The van der Waals surface area contributed by atoms with Gasteiger partial charge in [0, 0.05) is 37.7 Å². The summed E-state index contributed by atoms with van der Waals surface area (Å²) in [5, 5.41) is 3.11. The number of carbonyl (C=O) groups is 2. The molecule has 2 aliphatic heterocycles. The summed E-state index contributed by atoms with van der Waals surface area (Å²) < 4.78 is 0. The van der Waals surface area contributed by atoms with Crippen molar-refractivity contribution in [3.05, 3.63) is 42.0 Å². The fraction of sp³-hybridized carbons (Fsp3) is 0.600. The molecule has 2 aliphatic rings. The first-order valence-corrected chi connectivity index (χ1v) is 11.6. The maximum Gasteiger partial charge on any atom is 0.246 e. The van der Waals surface area contributed by atoms with Gasteiger partial charge in [0.2, 0.25) is 11.8 Å². The first kappa shape index (κ1) is 22.5. The normalized spacial score (nSPS) is 19.5. The van der Waals surface area contributed by atoms with Crippen LogP contribution in [0.25, 0.3) is 6.08 Å². The molecular weight excluding hydrogens is 374 g/mol. The molecule has 2 amide bonds. The molecule has 0 atom stereocenters. The average molecular weight is 412 g/mol. The molecule has 5 heteroatoms. The van der Waals surface area contributed by atoms with Gasteiger partial charge < -0.3 is 15.1 Å². The maximum absolute atomic E-state index is 12.5. The molecular formula is C25H37N3O2. The minimum absolute atomic E-state index is 0.106. The van der Waals surface area contributed by atoms with Gasteiger partial charge >= 0.3 is 0 Å². The number of nitrogens with zero attached hydrogens (tertiary/aromatic N) is 2. The molecule has 1 aromatic carbocycles. The Morgan fingerprint density at radius 3 is 2.33 bits per heavy atom. The number of hydrogen-bond acceptors (Lipinski definition) is 3. The number of rotatable bonds is 7. The van der Waals surface area contributed by atoms with E-state index >= 15 is 0 Å². The van der Waals surface area contributed by atoms with Crippen LogP contribution in [0.3, 0.4) is 0 Å². The molecule has 0 radical (unpaired) electrons. The number of hydrogen-bond donors (Lipinski definition) is 1. The number of amides is 2. The standard InChI is InChI=1S/C25H37N3O2/c1-20(2)10-15-26-25(30)22-11-16-27(17-12-22)23-13-18-28(19-14-23)24(29)9-8-21-6-4-3-5-7-21/h3-9,20,22-23H,10-19H2,1-2H3,(H,26,30)/b9-8+. The van der Waals surface area contributed by atoms with Gasteiger partial charge in [-0.15, -0.1) is 0 Å². The lowest BCUT2D eigenvalue weighted by molar-refractivity contribution is -0.129. The third kappa shape index (κ3) is 6.69. The molecule has 2 saturated heterocycles. The molecule has 0 saturated carbocycles. The van der Waals surface area contributed by atoms with E-state index in [9.17, 15) is 9.59 Å². The zero-order valence-electron chi connectivity index (χ0n) is 18.6. The van der Waals surface area contributed by atoms with Crippen molar-refractivity contribution in [1.29, 1.82) is 0 Å². The molecule has 164 valence electrons. The first-order chi connectivity index (χ1) is 14.5. The molecule has 30 heavy (non-hydrogen) atoms. The molecule has 0 aliphatic carbocycles. The summed E-state index contributed by atoms with van der Waals surface area (Å²) in [5.41, 5.74) is 1.05. The molecule has 2 heterocycles. The fourth-order valence-corrected chi connectivity index (χ4v) is 4.44. The summed E-state index contributed by atoms with van der Waals surface area (Å²) >= 11 is 0. The van der Waals surface area contributed by atoms with Crippen LogP contribution in [-0.2, 0) is 9.59 Å². The van der Waals surface area contributed by atoms with Crippen molar-refractivity contribution in [1.82, 2.24) is 15.1 Å². The summed E-state index contributed by atoms with van der Waals surface area (Å²) in [6.07, 6.45) is 8.58. The highest BCUT2D eigenvalue weighted by molar-refractivity contribution is 5.91. The predicted molar refractivity (Wildman–Crippen MR) is 122 cm³/mol. The highest BCUT2D eigenvalue weighted by atomic mass is 16.2. The van der Waals surface area contributed by atoms with Gasteiger partial charge in [-0.05, 0) is 62.8 Å². The Balaban J connectivity index is 1.37. The van der Waals surface area contributed by atoms with Gasteiger partial charge in [-0.1, -0.05) is 44.2 Å². The van der Waals surface area contributed by atoms with Crippen molar-refractivity contribution in [2.24, 2.45) is 11.8 Å². The van der Waals surface area contributed by atoms with Crippen LogP contribution in [0.2, 0.25) is 0 Å². The van der Waals surface area contributed by atoms with Crippen molar-refractivity contribution < 1.29 is 9.59 Å². The number of piperidine rings is 2. The molecule has 5 nitrogen and oxygen atoms in total. The van der Waals surface area contributed by atoms with Crippen LogP contribution in [0.5, 0.6) is 0 Å². The summed E-state index contributed by atoms with van der Waals surface area (Å²) in [7, 11) is 0. The molecule has 1 N–H and O–H groups in total. The van der Waals surface area contributed by atoms with Crippen LogP contribution in [-0.4, -0.2) is 60.4 Å². The van der Waals surface area contributed by atoms with Crippen molar-refractivity contribution >= 4 is 17.9 Å². The second kappa shape index (κ2) is 11.3. The summed E-state index contributed by atoms with van der Waals surface area (Å²) in [4.78, 5) is 29.4. The van der Waals surface area contributed by atoms with Crippen LogP contribution in [0, 0.1) is 11.8 Å². The quantitative estimate of drug-likeness (QED) is 0.698. The Morgan fingerprint density at radius 1 is 1.03 bits per heavy atom. The van der Waals surface area contributed by atoms with E-state index in [1.54, 1.807) is 6.08 Å². The molecule has 3 rings (SSSR count). The Kier molecular flexibility index (Phi) is 8.50. The maximum atomic E-state index is 12.5. The predicted octanol–water partition coefficient (Wildman–Crippen LogP) is 3.57. The molecule has 0 unspecified atom stereocenters. The number of likely N-dealkylation sites (tertiary alicyclic amines) is 2. The van der Waals surface area contributed by atoms with E-state index in [0.29, 0.717) is 12.0 Å². The first-order valence-electron chi connectivity index (χ1n) is 11.6. The Hall–Kier alpha value is -2.14. The zero-order chi connectivity index (χ0) is 21.3. The monoisotopic (exact) mass is 411 g/mol. The molecule has 2 fully saturated rings. The topological polar surface area (TPSA) is 52.7 Å². The van der Waals surface area contributed by atoms with Gasteiger partial charge in [0.25, 0.3) is 0 Å².